The third-order valence-corrected chi connectivity index (χ3v) is 9.79. The standard InChI is InChI=1S/C37H43N9O4.CH4O/c1-25(48)45-12-7-34(43-29-8-14-49-15-9-29)33(23-45)36(38)31-4-2-3-27-17-35(39-21-32(27)31)28-20-42-46(22-28)13-16-50-30-5-10-44(11-6-30)37-40-18-26(24-47)19-41-37;1-2/h2-4,17-22,24,29-30H,5-16,23,38H2,1H3;2H,1H3/b36-33-,43-34?;. The Kier molecular flexibility index (Phi) is 12.3. The highest BCUT2D eigenvalue weighted by Gasteiger charge is 2.27. The molecule has 4 aromatic rings. The van der Waals surface area contributed by atoms with E-state index >= 15 is 0 Å². The summed E-state index contributed by atoms with van der Waals surface area (Å²) in [5, 5.41) is 13.5. The number of rotatable bonds is 9. The molecule has 0 radical (unpaired) electrons. The molecule has 274 valence electrons. The second-order valence-electron chi connectivity index (χ2n) is 13.1. The number of hydrogen-bond acceptors (Lipinski definition) is 12. The first kappa shape index (κ1) is 36.7. The lowest BCUT2D eigenvalue weighted by atomic mass is 9.93. The fourth-order valence-electron chi connectivity index (χ4n) is 6.88. The number of aldehydes is 1. The summed E-state index contributed by atoms with van der Waals surface area (Å²) in [6, 6.07) is 8.38. The minimum absolute atomic E-state index is 0.0352. The third kappa shape index (κ3) is 8.69. The minimum atomic E-state index is 0.0352. The van der Waals surface area contributed by atoms with Gasteiger partial charge in [0.15, 0.2) is 6.29 Å². The highest BCUT2D eigenvalue weighted by atomic mass is 16.5. The number of carbonyl (C=O) groups excluding carboxylic acids is 2. The summed E-state index contributed by atoms with van der Waals surface area (Å²) in [6.45, 7) is 6.92. The van der Waals surface area contributed by atoms with Gasteiger partial charge in [-0.05, 0) is 37.1 Å². The number of aromatic nitrogens is 5. The number of hydrogen-bond donors (Lipinski definition) is 2. The molecular weight excluding hydrogens is 662 g/mol. The molecule has 0 bridgehead atoms. The van der Waals surface area contributed by atoms with Crippen LogP contribution in [0.3, 0.4) is 0 Å². The molecule has 52 heavy (non-hydrogen) atoms. The van der Waals surface area contributed by atoms with Crippen LogP contribution in [0.5, 0.6) is 0 Å². The van der Waals surface area contributed by atoms with E-state index in [4.69, 9.17) is 30.3 Å². The molecule has 0 atom stereocenters. The molecule has 1 aromatic carbocycles. The molecule has 0 spiro atoms. The Bertz CT molecular complexity index is 1890. The fraction of sp³-hybridized carbons (Fsp3) is 0.447. The lowest BCUT2D eigenvalue weighted by Gasteiger charge is -2.31. The van der Waals surface area contributed by atoms with Gasteiger partial charge in [0.1, 0.15) is 0 Å². The van der Waals surface area contributed by atoms with Gasteiger partial charge in [-0.1, -0.05) is 18.2 Å². The van der Waals surface area contributed by atoms with Crippen LogP contribution in [0.25, 0.3) is 27.7 Å². The Morgan fingerprint density at radius 3 is 2.56 bits per heavy atom. The van der Waals surface area contributed by atoms with Crippen molar-refractivity contribution in [3.8, 4) is 11.3 Å². The molecule has 14 heteroatoms. The van der Waals surface area contributed by atoms with Crippen LogP contribution in [-0.4, -0.2) is 118 Å². The van der Waals surface area contributed by atoms with E-state index in [-0.39, 0.29) is 18.1 Å². The van der Waals surface area contributed by atoms with Gasteiger partial charge in [0, 0.05) is 118 Å². The van der Waals surface area contributed by atoms with Crippen molar-refractivity contribution in [1.29, 1.82) is 0 Å². The van der Waals surface area contributed by atoms with Gasteiger partial charge >= 0.3 is 0 Å². The Morgan fingerprint density at radius 2 is 1.83 bits per heavy atom. The van der Waals surface area contributed by atoms with Crippen molar-refractivity contribution in [3.05, 3.63) is 71.9 Å². The Labute approximate surface area is 303 Å². The summed E-state index contributed by atoms with van der Waals surface area (Å²) in [6.07, 6.45) is 14.0. The number of nitrogens with zero attached hydrogens (tertiary/aromatic N) is 8. The normalized spacial score (nSPS) is 19.0. The Hall–Kier alpha value is -5.05. The number of aliphatic imine (C=N–C) groups is 1. The molecule has 3 aliphatic rings. The predicted octanol–water partition coefficient (Wildman–Crippen LogP) is 3.54. The summed E-state index contributed by atoms with van der Waals surface area (Å²) in [7, 11) is 1.00. The summed E-state index contributed by atoms with van der Waals surface area (Å²) >= 11 is 0. The maximum absolute atomic E-state index is 12.4. The number of nitrogens with two attached hydrogens (primary N) is 1. The number of fused-ring (bicyclic) bond motifs is 1. The molecule has 0 aliphatic carbocycles. The average Bonchev–Trinajstić information content (AvgIpc) is 3.68. The molecule has 14 nitrogen and oxygen atoms in total. The van der Waals surface area contributed by atoms with Crippen molar-refractivity contribution < 1.29 is 24.2 Å². The molecule has 6 heterocycles. The van der Waals surface area contributed by atoms with Gasteiger partial charge in [0.2, 0.25) is 11.9 Å². The zero-order valence-corrected chi connectivity index (χ0v) is 29.9. The summed E-state index contributed by atoms with van der Waals surface area (Å²) in [5.41, 5.74) is 12.6. The number of aliphatic hydroxyl groups excluding tert-OH is 1. The van der Waals surface area contributed by atoms with Crippen molar-refractivity contribution >= 4 is 40.3 Å². The van der Waals surface area contributed by atoms with E-state index < -0.39 is 0 Å². The lowest BCUT2D eigenvalue weighted by Crippen LogP contribution is -2.40. The zero-order chi connectivity index (χ0) is 36.5. The SMILES string of the molecule is CC(=O)N1CCC(=NC2CCOCC2)/C(=C(\N)c2cccc3cc(-c4cnn(CCOC5CCN(c6ncc(C=O)cn6)CC5)c4)ncc23)C1.CO. The van der Waals surface area contributed by atoms with E-state index in [1.54, 1.807) is 19.3 Å². The quantitative estimate of drug-likeness (QED) is 0.243. The third-order valence-electron chi connectivity index (χ3n) is 9.79. The molecule has 3 saturated heterocycles. The molecule has 3 N–H and O–H groups in total. The van der Waals surface area contributed by atoms with E-state index in [1.165, 1.54) is 0 Å². The van der Waals surface area contributed by atoms with E-state index in [9.17, 15) is 9.59 Å². The molecule has 3 fully saturated rings. The van der Waals surface area contributed by atoms with Gasteiger partial charge in [-0.15, -0.1) is 0 Å². The lowest BCUT2D eigenvalue weighted by molar-refractivity contribution is -0.128. The molecular formula is C38H47N9O5. The number of benzene rings is 1. The van der Waals surface area contributed by atoms with E-state index in [1.807, 2.05) is 40.3 Å². The molecule has 0 unspecified atom stereocenters. The smallest absolute Gasteiger partial charge is 0.225 e. The van der Waals surface area contributed by atoms with Crippen molar-refractivity contribution in [2.45, 2.75) is 57.7 Å². The van der Waals surface area contributed by atoms with Crippen molar-refractivity contribution in [1.82, 2.24) is 29.6 Å². The minimum Gasteiger partial charge on any atom is -0.400 e. The summed E-state index contributed by atoms with van der Waals surface area (Å²) in [5.74, 6) is 0.681. The van der Waals surface area contributed by atoms with Crippen molar-refractivity contribution in [3.63, 3.8) is 0 Å². The van der Waals surface area contributed by atoms with E-state index in [0.29, 0.717) is 49.9 Å². The molecule has 3 aliphatic heterocycles. The Morgan fingerprint density at radius 1 is 1.06 bits per heavy atom. The predicted molar refractivity (Wildman–Crippen MR) is 199 cm³/mol. The van der Waals surface area contributed by atoms with Crippen LogP contribution in [0.15, 0.2) is 65.8 Å². The van der Waals surface area contributed by atoms with Crippen LogP contribution >= 0.6 is 0 Å². The molecule has 7 rings (SSSR count). The van der Waals surface area contributed by atoms with Crippen LogP contribution in [0.4, 0.5) is 5.95 Å². The van der Waals surface area contributed by atoms with Gasteiger partial charge in [-0.2, -0.15) is 5.10 Å². The van der Waals surface area contributed by atoms with Gasteiger partial charge in [0.25, 0.3) is 0 Å². The zero-order valence-electron chi connectivity index (χ0n) is 29.9. The van der Waals surface area contributed by atoms with Gasteiger partial charge in [-0.3, -0.25) is 24.2 Å². The number of amides is 1. The summed E-state index contributed by atoms with van der Waals surface area (Å²) < 4.78 is 13.6. The van der Waals surface area contributed by atoms with E-state index in [0.717, 1.165) is 104 Å². The number of anilines is 1. The number of pyridine rings is 1. The van der Waals surface area contributed by atoms with E-state index in [2.05, 4.69) is 32.1 Å². The second-order valence-corrected chi connectivity index (χ2v) is 13.1. The highest BCUT2D eigenvalue weighted by molar-refractivity contribution is 6.10. The van der Waals surface area contributed by atoms with Gasteiger partial charge < -0.3 is 30.1 Å². The fourth-order valence-corrected chi connectivity index (χ4v) is 6.88. The topological polar surface area (TPSA) is 174 Å². The Balaban J connectivity index is 0.00000228. The van der Waals surface area contributed by atoms with Crippen LogP contribution in [0.1, 0.15) is 54.9 Å². The van der Waals surface area contributed by atoms with Gasteiger partial charge in [-0.25, -0.2) is 9.97 Å². The van der Waals surface area contributed by atoms with Crippen LogP contribution < -0.4 is 10.6 Å². The second kappa shape index (κ2) is 17.4. The first-order chi connectivity index (χ1) is 25.4. The van der Waals surface area contributed by atoms with Crippen molar-refractivity contribution in [2.75, 3.05) is 58.0 Å². The number of piperidine rings is 2. The molecule has 0 saturated carbocycles. The number of carbonyl (C=O) groups is 2. The van der Waals surface area contributed by atoms with Crippen LogP contribution in [0, 0.1) is 0 Å². The van der Waals surface area contributed by atoms with Gasteiger partial charge in [0.05, 0.1) is 42.8 Å². The molecule has 3 aromatic heterocycles. The van der Waals surface area contributed by atoms with Crippen molar-refractivity contribution in [2.24, 2.45) is 10.7 Å². The number of likely N-dealkylation sites (tertiary alicyclic amines) is 1. The van der Waals surface area contributed by atoms with Crippen LogP contribution in [0.2, 0.25) is 0 Å². The number of aliphatic hydroxyl groups is 1. The maximum atomic E-state index is 12.4. The first-order valence-corrected chi connectivity index (χ1v) is 17.8. The first-order valence-electron chi connectivity index (χ1n) is 17.8. The van der Waals surface area contributed by atoms with Crippen LogP contribution in [-0.2, 0) is 20.8 Å². The molecule has 1 amide bonds. The maximum Gasteiger partial charge on any atom is 0.225 e. The summed E-state index contributed by atoms with van der Waals surface area (Å²) in [4.78, 5) is 45.8. The highest BCUT2D eigenvalue weighted by Crippen LogP contribution is 2.30. The largest absolute Gasteiger partial charge is 0.400 e. The average molecular weight is 710 g/mol. The number of ether oxygens (including phenoxy) is 2. The monoisotopic (exact) mass is 709 g/mol.